The van der Waals surface area contributed by atoms with E-state index >= 15 is 0 Å². The summed E-state index contributed by atoms with van der Waals surface area (Å²) in [5.41, 5.74) is 6.14. The molecule has 1 aliphatic carbocycles. The standard InChI is InChI=1S/C15H19F2NO/c16-11-6-7-13(17)10(8-11)9-15(19)12-4-2-1-3-5-14(12)18/h6-8,12,14H,1-5,9,18H2. The molecule has 0 aromatic heterocycles. The molecule has 0 saturated heterocycles. The second kappa shape index (κ2) is 6.24. The van der Waals surface area contributed by atoms with Crippen LogP contribution in [0.2, 0.25) is 0 Å². The quantitative estimate of drug-likeness (QED) is 0.855. The second-order valence-corrected chi connectivity index (χ2v) is 5.29. The average Bonchev–Trinajstić information content (AvgIpc) is 2.58. The van der Waals surface area contributed by atoms with Gasteiger partial charge in [-0.3, -0.25) is 4.79 Å². The van der Waals surface area contributed by atoms with Crippen LogP contribution in [0.25, 0.3) is 0 Å². The smallest absolute Gasteiger partial charge is 0.141 e. The third-order valence-electron chi connectivity index (χ3n) is 3.86. The maximum absolute atomic E-state index is 13.5. The Morgan fingerprint density at radius 2 is 1.95 bits per heavy atom. The van der Waals surface area contributed by atoms with Crippen molar-refractivity contribution in [3.05, 3.63) is 35.4 Å². The normalized spacial score (nSPS) is 23.9. The SMILES string of the molecule is NC1CCCCCC1C(=O)Cc1cc(F)ccc1F. The largest absolute Gasteiger partial charge is 0.327 e. The first kappa shape index (κ1) is 14.1. The van der Waals surface area contributed by atoms with Crippen molar-refractivity contribution in [2.75, 3.05) is 0 Å². The molecule has 0 heterocycles. The van der Waals surface area contributed by atoms with E-state index in [-0.39, 0.29) is 29.7 Å². The Kier molecular flexibility index (Phi) is 4.64. The minimum absolute atomic E-state index is 0.0675. The van der Waals surface area contributed by atoms with Gasteiger partial charge >= 0.3 is 0 Å². The summed E-state index contributed by atoms with van der Waals surface area (Å²) in [6.07, 6.45) is 4.64. The van der Waals surface area contributed by atoms with Crippen LogP contribution in [0.4, 0.5) is 8.78 Å². The number of ketones is 1. The molecule has 1 saturated carbocycles. The average molecular weight is 267 g/mol. The molecule has 1 aromatic rings. The summed E-state index contributed by atoms with van der Waals surface area (Å²) < 4.78 is 26.6. The summed E-state index contributed by atoms with van der Waals surface area (Å²) in [6, 6.07) is 3.06. The number of Topliss-reactive ketones (excluding diaryl/α,β-unsaturated/α-hetero) is 1. The maximum Gasteiger partial charge on any atom is 0.141 e. The highest BCUT2D eigenvalue weighted by molar-refractivity contribution is 5.84. The minimum Gasteiger partial charge on any atom is -0.327 e. The van der Waals surface area contributed by atoms with E-state index < -0.39 is 11.6 Å². The van der Waals surface area contributed by atoms with E-state index in [2.05, 4.69) is 0 Å². The molecule has 2 nitrogen and oxygen atoms in total. The van der Waals surface area contributed by atoms with Crippen LogP contribution in [0.15, 0.2) is 18.2 Å². The molecule has 2 rings (SSSR count). The summed E-state index contributed by atoms with van der Waals surface area (Å²) in [4.78, 5) is 12.2. The van der Waals surface area contributed by atoms with Crippen molar-refractivity contribution in [3.8, 4) is 0 Å². The van der Waals surface area contributed by atoms with Gasteiger partial charge in [-0.05, 0) is 36.6 Å². The molecule has 2 unspecified atom stereocenters. The lowest BCUT2D eigenvalue weighted by atomic mass is 9.88. The van der Waals surface area contributed by atoms with E-state index in [1.54, 1.807) is 0 Å². The van der Waals surface area contributed by atoms with Gasteiger partial charge in [0.2, 0.25) is 0 Å². The third-order valence-corrected chi connectivity index (χ3v) is 3.86. The molecule has 1 fully saturated rings. The zero-order valence-electron chi connectivity index (χ0n) is 10.9. The highest BCUT2D eigenvalue weighted by Gasteiger charge is 2.27. The van der Waals surface area contributed by atoms with E-state index in [1.807, 2.05) is 0 Å². The number of carbonyl (C=O) groups excluding carboxylic acids is 1. The molecular weight excluding hydrogens is 248 g/mol. The van der Waals surface area contributed by atoms with Gasteiger partial charge in [-0.2, -0.15) is 0 Å². The number of carbonyl (C=O) groups is 1. The Morgan fingerprint density at radius 1 is 1.21 bits per heavy atom. The van der Waals surface area contributed by atoms with Crippen LogP contribution in [-0.2, 0) is 11.2 Å². The molecule has 0 radical (unpaired) electrons. The highest BCUT2D eigenvalue weighted by atomic mass is 19.1. The summed E-state index contributed by atoms with van der Waals surface area (Å²) >= 11 is 0. The van der Waals surface area contributed by atoms with E-state index in [0.29, 0.717) is 0 Å². The Balaban J connectivity index is 2.09. The minimum atomic E-state index is -0.531. The number of rotatable bonds is 3. The van der Waals surface area contributed by atoms with Crippen LogP contribution in [0.3, 0.4) is 0 Å². The van der Waals surface area contributed by atoms with E-state index in [9.17, 15) is 13.6 Å². The Labute approximate surface area is 112 Å². The number of benzene rings is 1. The van der Waals surface area contributed by atoms with Crippen molar-refractivity contribution < 1.29 is 13.6 Å². The van der Waals surface area contributed by atoms with Gasteiger partial charge < -0.3 is 5.73 Å². The molecule has 4 heteroatoms. The Morgan fingerprint density at radius 3 is 2.74 bits per heavy atom. The number of hydrogen-bond acceptors (Lipinski definition) is 2. The lowest BCUT2D eigenvalue weighted by molar-refractivity contribution is -0.123. The van der Waals surface area contributed by atoms with Gasteiger partial charge in [-0.1, -0.05) is 19.3 Å². The van der Waals surface area contributed by atoms with Crippen LogP contribution in [0, 0.1) is 17.6 Å². The van der Waals surface area contributed by atoms with Crippen LogP contribution in [0.5, 0.6) is 0 Å². The van der Waals surface area contributed by atoms with Crippen LogP contribution in [0.1, 0.15) is 37.7 Å². The van der Waals surface area contributed by atoms with Crippen LogP contribution in [-0.4, -0.2) is 11.8 Å². The predicted molar refractivity (Wildman–Crippen MR) is 69.6 cm³/mol. The first-order chi connectivity index (χ1) is 9.08. The Hall–Kier alpha value is -1.29. The number of hydrogen-bond donors (Lipinski definition) is 1. The van der Waals surface area contributed by atoms with Crippen molar-refractivity contribution in [1.29, 1.82) is 0 Å². The molecule has 2 N–H and O–H groups in total. The van der Waals surface area contributed by atoms with Gasteiger partial charge in [0.25, 0.3) is 0 Å². The number of halogens is 2. The zero-order valence-corrected chi connectivity index (χ0v) is 10.9. The van der Waals surface area contributed by atoms with Crippen LogP contribution >= 0.6 is 0 Å². The fourth-order valence-corrected chi connectivity index (χ4v) is 2.73. The molecule has 0 bridgehead atoms. The molecule has 104 valence electrons. The zero-order chi connectivity index (χ0) is 13.8. The fourth-order valence-electron chi connectivity index (χ4n) is 2.73. The summed E-state index contributed by atoms with van der Waals surface area (Å²) in [5.74, 6) is -1.34. The van der Waals surface area contributed by atoms with Gasteiger partial charge in [0.15, 0.2) is 0 Å². The lowest BCUT2D eigenvalue weighted by Gasteiger charge is -2.20. The van der Waals surface area contributed by atoms with Crippen molar-refractivity contribution in [2.24, 2.45) is 11.7 Å². The Bertz CT molecular complexity index is 461. The van der Waals surface area contributed by atoms with Gasteiger partial charge in [-0.15, -0.1) is 0 Å². The van der Waals surface area contributed by atoms with Crippen LogP contribution < -0.4 is 5.73 Å². The summed E-state index contributed by atoms with van der Waals surface area (Å²) in [7, 11) is 0. The van der Waals surface area contributed by atoms with Crippen molar-refractivity contribution in [1.82, 2.24) is 0 Å². The summed E-state index contributed by atoms with van der Waals surface area (Å²) in [6.45, 7) is 0. The maximum atomic E-state index is 13.5. The molecule has 1 aromatic carbocycles. The third kappa shape index (κ3) is 3.60. The van der Waals surface area contributed by atoms with Crippen molar-refractivity contribution in [3.63, 3.8) is 0 Å². The van der Waals surface area contributed by atoms with Gasteiger partial charge in [0, 0.05) is 18.4 Å². The predicted octanol–water partition coefficient (Wildman–Crippen LogP) is 2.98. The highest BCUT2D eigenvalue weighted by Crippen LogP contribution is 2.24. The molecule has 2 atom stereocenters. The molecular formula is C15H19F2NO. The van der Waals surface area contributed by atoms with Gasteiger partial charge in [0.1, 0.15) is 17.4 Å². The topological polar surface area (TPSA) is 43.1 Å². The summed E-state index contributed by atoms with van der Waals surface area (Å²) in [5, 5.41) is 0. The molecule has 0 amide bonds. The van der Waals surface area contributed by atoms with E-state index in [0.717, 1.165) is 50.3 Å². The van der Waals surface area contributed by atoms with E-state index in [4.69, 9.17) is 5.73 Å². The monoisotopic (exact) mass is 267 g/mol. The molecule has 0 spiro atoms. The van der Waals surface area contributed by atoms with E-state index in [1.165, 1.54) is 0 Å². The second-order valence-electron chi connectivity index (χ2n) is 5.29. The molecule has 19 heavy (non-hydrogen) atoms. The van der Waals surface area contributed by atoms with Gasteiger partial charge in [-0.25, -0.2) is 8.78 Å². The lowest BCUT2D eigenvalue weighted by Crippen LogP contribution is -2.35. The first-order valence-electron chi connectivity index (χ1n) is 6.80. The molecule has 0 aliphatic heterocycles. The van der Waals surface area contributed by atoms with Crippen molar-refractivity contribution >= 4 is 5.78 Å². The molecule has 1 aliphatic rings. The van der Waals surface area contributed by atoms with Gasteiger partial charge in [0.05, 0.1) is 0 Å². The van der Waals surface area contributed by atoms with Crippen molar-refractivity contribution in [2.45, 2.75) is 44.6 Å². The fraction of sp³-hybridized carbons (Fsp3) is 0.533. The first-order valence-corrected chi connectivity index (χ1v) is 6.80. The number of nitrogens with two attached hydrogens (primary N) is 1.